The van der Waals surface area contributed by atoms with Gasteiger partial charge in [0, 0.05) is 27.3 Å². The minimum atomic E-state index is -0.0882. The van der Waals surface area contributed by atoms with Crippen LogP contribution in [-0.2, 0) is 0 Å². The van der Waals surface area contributed by atoms with Crippen LogP contribution < -0.4 is 5.32 Å². The zero-order valence-electron chi connectivity index (χ0n) is 9.45. The van der Waals surface area contributed by atoms with Gasteiger partial charge in [0.1, 0.15) is 0 Å². The molecule has 90 valence electrons. The van der Waals surface area contributed by atoms with Gasteiger partial charge in [0.25, 0.3) is 0 Å². The third kappa shape index (κ3) is 3.06. The summed E-state index contributed by atoms with van der Waals surface area (Å²) in [5.41, 5.74) is 0. The standard InChI is InChI=1S/C12H18BrNOS/c1-8(12-5-10(13)7-16-12)14-6-9-3-2-4-11(9)15/h5,7-9,11,14-15H,2-4,6H2,1H3. The van der Waals surface area contributed by atoms with Crippen LogP contribution in [-0.4, -0.2) is 17.8 Å². The van der Waals surface area contributed by atoms with Crippen LogP contribution in [0.1, 0.15) is 37.1 Å². The van der Waals surface area contributed by atoms with Crippen molar-refractivity contribution in [1.29, 1.82) is 0 Å². The van der Waals surface area contributed by atoms with E-state index in [9.17, 15) is 5.11 Å². The highest BCUT2D eigenvalue weighted by Crippen LogP contribution is 2.28. The van der Waals surface area contributed by atoms with Gasteiger partial charge >= 0.3 is 0 Å². The molecule has 2 nitrogen and oxygen atoms in total. The lowest BCUT2D eigenvalue weighted by molar-refractivity contribution is 0.130. The van der Waals surface area contributed by atoms with Crippen LogP contribution in [0.2, 0.25) is 0 Å². The molecular formula is C12H18BrNOS. The Kier molecular flexibility index (Phi) is 4.41. The molecule has 0 saturated heterocycles. The largest absolute Gasteiger partial charge is 0.393 e. The van der Waals surface area contributed by atoms with E-state index in [0.717, 1.165) is 23.9 Å². The highest BCUT2D eigenvalue weighted by molar-refractivity contribution is 9.10. The van der Waals surface area contributed by atoms with Gasteiger partial charge in [-0.3, -0.25) is 0 Å². The second kappa shape index (κ2) is 5.63. The normalized spacial score (nSPS) is 27.2. The van der Waals surface area contributed by atoms with Crippen molar-refractivity contribution in [2.24, 2.45) is 5.92 Å². The van der Waals surface area contributed by atoms with Gasteiger partial charge < -0.3 is 10.4 Å². The fourth-order valence-corrected chi connectivity index (χ4v) is 3.72. The molecule has 1 saturated carbocycles. The van der Waals surface area contributed by atoms with E-state index in [1.165, 1.54) is 11.3 Å². The Balaban J connectivity index is 1.81. The Morgan fingerprint density at radius 2 is 2.44 bits per heavy atom. The van der Waals surface area contributed by atoms with Gasteiger partial charge in [0.05, 0.1) is 6.10 Å². The van der Waals surface area contributed by atoms with E-state index in [1.807, 2.05) is 0 Å². The first-order valence-corrected chi connectivity index (χ1v) is 7.49. The van der Waals surface area contributed by atoms with Crippen molar-refractivity contribution in [3.05, 3.63) is 20.8 Å². The summed E-state index contributed by atoms with van der Waals surface area (Å²) in [5.74, 6) is 0.450. The Labute approximate surface area is 109 Å². The summed E-state index contributed by atoms with van der Waals surface area (Å²) >= 11 is 5.24. The monoisotopic (exact) mass is 303 g/mol. The van der Waals surface area contributed by atoms with Crippen molar-refractivity contribution in [3.8, 4) is 0 Å². The average molecular weight is 304 g/mol. The average Bonchev–Trinajstić information content (AvgIpc) is 2.84. The lowest BCUT2D eigenvalue weighted by Gasteiger charge is -2.18. The molecule has 1 aromatic rings. The van der Waals surface area contributed by atoms with Crippen molar-refractivity contribution >= 4 is 27.3 Å². The molecule has 3 unspecified atom stereocenters. The number of halogens is 1. The molecule has 2 N–H and O–H groups in total. The van der Waals surface area contributed by atoms with Gasteiger partial charge in [0.15, 0.2) is 0 Å². The summed E-state index contributed by atoms with van der Waals surface area (Å²) < 4.78 is 1.15. The first-order valence-electron chi connectivity index (χ1n) is 5.82. The Morgan fingerprint density at radius 1 is 1.62 bits per heavy atom. The molecule has 1 aliphatic carbocycles. The maximum absolute atomic E-state index is 9.73. The summed E-state index contributed by atoms with van der Waals surface area (Å²) in [6, 6.07) is 2.54. The zero-order chi connectivity index (χ0) is 11.5. The molecule has 1 fully saturated rings. The molecule has 1 aliphatic rings. The van der Waals surface area contributed by atoms with Crippen molar-refractivity contribution in [1.82, 2.24) is 5.32 Å². The number of rotatable bonds is 4. The van der Waals surface area contributed by atoms with E-state index in [1.54, 1.807) is 11.3 Å². The molecule has 0 spiro atoms. The van der Waals surface area contributed by atoms with E-state index < -0.39 is 0 Å². The number of aliphatic hydroxyl groups is 1. The Hall–Kier alpha value is 0.1000. The Bertz CT molecular complexity index is 342. The van der Waals surface area contributed by atoms with E-state index in [2.05, 4.69) is 39.6 Å². The molecule has 0 aliphatic heterocycles. The molecule has 0 bridgehead atoms. The number of hydrogen-bond donors (Lipinski definition) is 2. The molecular weight excluding hydrogens is 286 g/mol. The molecule has 16 heavy (non-hydrogen) atoms. The lowest BCUT2D eigenvalue weighted by atomic mass is 10.1. The van der Waals surface area contributed by atoms with Crippen LogP contribution in [0.5, 0.6) is 0 Å². The van der Waals surface area contributed by atoms with E-state index in [0.29, 0.717) is 12.0 Å². The SMILES string of the molecule is CC(NCC1CCCC1O)c1cc(Br)cs1. The van der Waals surface area contributed by atoms with Crippen molar-refractivity contribution < 1.29 is 5.11 Å². The van der Waals surface area contributed by atoms with Crippen LogP contribution >= 0.6 is 27.3 Å². The molecule has 0 aromatic carbocycles. The first kappa shape index (κ1) is 12.6. The minimum absolute atomic E-state index is 0.0882. The van der Waals surface area contributed by atoms with E-state index in [4.69, 9.17) is 0 Å². The molecule has 0 amide bonds. The predicted molar refractivity (Wildman–Crippen MR) is 71.8 cm³/mol. The molecule has 0 radical (unpaired) electrons. The third-order valence-electron chi connectivity index (χ3n) is 3.32. The molecule has 1 heterocycles. The zero-order valence-corrected chi connectivity index (χ0v) is 11.9. The molecule has 3 atom stereocenters. The summed E-state index contributed by atoms with van der Waals surface area (Å²) in [6.07, 6.45) is 3.22. The number of nitrogens with one attached hydrogen (secondary N) is 1. The summed E-state index contributed by atoms with van der Waals surface area (Å²) in [4.78, 5) is 1.35. The lowest BCUT2D eigenvalue weighted by Crippen LogP contribution is -2.29. The second-order valence-electron chi connectivity index (χ2n) is 4.56. The van der Waals surface area contributed by atoms with Crippen LogP contribution in [0.15, 0.2) is 15.9 Å². The molecule has 2 rings (SSSR count). The first-order chi connectivity index (χ1) is 7.66. The van der Waals surface area contributed by atoms with E-state index >= 15 is 0 Å². The van der Waals surface area contributed by atoms with Crippen molar-refractivity contribution in [3.63, 3.8) is 0 Å². The van der Waals surface area contributed by atoms with Crippen molar-refractivity contribution in [2.45, 2.75) is 38.3 Å². The van der Waals surface area contributed by atoms with Gasteiger partial charge in [-0.05, 0) is 47.7 Å². The summed E-state index contributed by atoms with van der Waals surface area (Å²) in [7, 11) is 0. The molecule has 1 aromatic heterocycles. The van der Waals surface area contributed by atoms with Crippen molar-refractivity contribution in [2.75, 3.05) is 6.54 Å². The predicted octanol–water partition coefficient (Wildman–Crippen LogP) is 3.32. The van der Waals surface area contributed by atoms with E-state index in [-0.39, 0.29) is 6.10 Å². The highest BCUT2D eigenvalue weighted by atomic mass is 79.9. The topological polar surface area (TPSA) is 32.3 Å². The molecule has 4 heteroatoms. The van der Waals surface area contributed by atoms with Gasteiger partial charge in [-0.25, -0.2) is 0 Å². The minimum Gasteiger partial charge on any atom is -0.393 e. The fraction of sp³-hybridized carbons (Fsp3) is 0.667. The van der Waals surface area contributed by atoms with Gasteiger partial charge in [0.2, 0.25) is 0 Å². The second-order valence-corrected chi connectivity index (χ2v) is 6.41. The van der Waals surface area contributed by atoms with Crippen LogP contribution in [0.25, 0.3) is 0 Å². The highest BCUT2D eigenvalue weighted by Gasteiger charge is 2.25. The summed E-state index contributed by atoms with van der Waals surface area (Å²) in [5, 5.41) is 15.4. The van der Waals surface area contributed by atoms with Crippen LogP contribution in [0.4, 0.5) is 0 Å². The Morgan fingerprint density at radius 3 is 3.00 bits per heavy atom. The van der Waals surface area contributed by atoms with Gasteiger partial charge in [-0.2, -0.15) is 0 Å². The van der Waals surface area contributed by atoms with Crippen LogP contribution in [0.3, 0.4) is 0 Å². The number of thiophene rings is 1. The smallest absolute Gasteiger partial charge is 0.0580 e. The maximum atomic E-state index is 9.73. The third-order valence-corrected chi connectivity index (χ3v) is 5.20. The number of hydrogen-bond acceptors (Lipinski definition) is 3. The maximum Gasteiger partial charge on any atom is 0.0580 e. The number of aliphatic hydroxyl groups excluding tert-OH is 1. The van der Waals surface area contributed by atoms with Gasteiger partial charge in [-0.15, -0.1) is 11.3 Å². The van der Waals surface area contributed by atoms with Gasteiger partial charge in [-0.1, -0.05) is 6.42 Å². The van der Waals surface area contributed by atoms with Crippen LogP contribution in [0, 0.1) is 5.92 Å². The summed E-state index contributed by atoms with van der Waals surface area (Å²) in [6.45, 7) is 3.11. The fourth-order valence-electron chi connectivity index (χ4n) is 2.24. The quantitative estimate of drug-likeness (QED) is 0.894.